The first-order valence-electron chi connectivity index (χ1n) is 11.9. The van der Waals surface area contributed by atoms with Crippen LogP contribution in [0.15, 0.2) is 51.9 Å². The standard InChI is InChI=1S/C26H25FN4O5S2/c1-16-24(22(36-30-16)10-7-17-5-3-4-6-20(17)27)38(33,34)31-13-11-18(12-14-31)25(32)29-26-28-21-9-8-19(35-2)15-23(21)37-26/h3-10,15,18H,11-14H2,1-2H3,(H,28,29,32)/b10-7+. The summed E-state index contributed by atoms with van der Waals surface area (Å²) in [6, 6.07) is 11.6. The minimum absolute atomic E-state index is 0.0260. The van der Waals surface area contributed by atoms with E-state index in [0.29, 0.717) is 29.3 Å². The van der Waals surface area contributed by atoms with Gasteiger partial charge in [0.2, 0.25) is 15.9 Å². The zero-order valence-electron chi connectivity index (χ0n) is 20.7. The van der Waals surface area contributed by atoms with Crippen LogP contribution in [0, 0.1) is 18.7 Å². The number of rotatable bonds is 7. The predicted molar refractivity (Wildman–Crippen MR) is 143 cm³/mol. The molecule has 12 heteroatoms. The topological polar surface area (TPSA) is 115 Å². The van der Waals surface area contributed by atoms with E-state index in [1.54, 1.807) is 32.2 Å². The number of aromatic nitrogens is 2. The fraction of sp³-hybridized carbons (Fsp3) is 0.269. The molecule has 9 nitrogen and oxygen atoms in total. The first kappa shape index (κ1) is 26.0. The number of thiazole rings is 1. The molecule has 0 saturated carbocycles. The molecule has 2 aromatic carbocycles. The van der Waals surface area contributed by atoms with Gasteiger partial charge in [-0.05, 0) is 56.2 Å². The molecular weight excluding hydrogens is 531 g/mol. The van der Waals surface area contributed by atoms with Gasteiger partial charge in [0, 0.05) is 24.6 Å². The summed E-state index contributed by atoms with van der Waals surface area (Å²) >= 11 is 1.35. The van der Waals surface area contributed by atoms with Crippen LogP contribution in [0.5, 0.6) is 5.75 Å². The maximum atomic E-state index is 14.0. The van der Waals surface area contributed by atoms with Crippen LogP contribution in [0.3, 0.4) is 0 Å². The third-order valence-corrected chi connectivity index (χ3v) is 9.39. The summed E-state index contributed by atoms with van der Waals surface area (Å²) in [5, 5.41) is 7.18. The Morgan fingerprint density at radius 1 is 1.21 bits per heavy atom. The van der Waals surface area contributed by atoms with Gasteiger partial charge in [-0.3, -0.25) is 4.79 Å². The van der Waals surface area contributed by atoms with Gasteiger partial charge in [-0.1, -0.05) is 34.7 Å². The third-order valence-electron chi connectivity index (χ3n) is 6.40. The highest BCUT2D eigenvalue weighted by molar-refractivity contribution is 7.89. The lowest BCUT2D eigenvalue weighted by molar-refractivity contribution is -0.120. The van der Waals surface area contributed by atoms with E-state index in [4.69, 9.17) is 9.26 Å². The number of methoxy groups -OCH3 is 1. The molecule has 1 aliphatic heterocycles. The molecule has 0 spiro atoms. The maximum Gasteiger partial charge on any atom is 0.248 e. The highest BCUT2D eigenvalue weighted by atomic mass is 32.2. The maximum absolute atomic E-state index is 14.0. The van der Waals surface area contributed by atoms with E-state index in [1.165, 1.54) is 33.9 Å². The highest BCUT2D eigenvalue weighted by Crippen LogP contribution is 2.32. The van der Waals surface area contributed by atoms with Crippen LogP contribution in [0.4, 0.5) is 9.52 Å². The molecule has 38 heavy (non-hydrogen) atoms. The van der Waals surface area contributed by atoms with E-state index >= 15 is 0 Å². The van der Waals surface area contributed by atoms with Gasteiger partial charge in [-0.25, -0.2) is 17.8 Å². The zero-order chi connectivity index (χ0) is 26.9. The lowest BCUT2D eigenvalue weighted by Crippen LogP contribution is -2.41. The van der Waals surface area contributed by atoms with Crippen molar-refractivity contribution in [2.24, 2.45) is 5.92 Å². The molecule has 0 aliphatic carbocycles. The van der Waals surface area contributed by atoms with E-state index in [-0.39, 0.29) is 41.3 Å². The monoisotopic (exact) mass is 556 g/mol. The largest absolute Gasteiger partial charge is 0.497 e. The van der Waals surface area contributed by atoms with Gasteiger partial charge < -0.3 is 14.6 Å². The fourth-order valence-corrected chi connectivity index (χ4v) is 6.97. The van der Waals surface area contributed by atoms with Crippen LogP contribution in [0.2, 0.25) is 0 Å². The van der Waals surface area contributed by atoms with Gasteiger partial charge in [-0.15, -0.1) is 0 Å². The Labute approximate surface area is 223 Å². The second-order valence-corrected chi connectivity index (χ2v) is 11.7. The highest BCUT2D eigenvalue weighted by Gasteiger charge is 2.36. The predicted octanol–water partition coefficient (Wildman–Crippen LogP) is 4.95. The van der Waals surface area contributed by atoms with Gasteiger partial charge in [0.25, 0.3) is 0 Å². The summed E-state index contributed by atoms with van der Waals surface area (Å²) in [7, 11) is -2.36. The van der Waals surface area contributed by atoms with Gasteiger partial charge in [0.05, 0.1) is 17.3 Å². The zero-order valence-corrected chi connectivity index (χ0v) is 22.3. The van der Waals surface area contributed by atoms with Gasteiger partial charge in [0.1, 0.15) is 17.3 Å². The number of nitrogens with one attached hydrogen (secondary N) is 1. The van der Waals surface area contributed by atoms with E-state index in [1.807, 2.05) is 18.2 Å². The normalized spacial score (nSPS) is 15.3. The van der Waals surface area contributed by atoms with Crippen molar-refractivity contribution in [3.63, 3.8) is 0 Å². The number of carbonyl (C=O) groups excluding carboxylic acids is 1. The molecule has 0 atom stereocenters. The molecule has 1 saturated heterocycles. The number of aryl methyl sites for hydroxylation is 1. The van der Waals surface area contributed by atoms with Gasteiger partial charge >= 0.3 is 0 Å². The molecule has 1 N–H and O–H groups in total. The molecule has 1 aliphatic rings. The van der Waals surface area contributed by atoms with Crippen LogP contribution in [-0.4, -0.2) is 49.0 Å². The second-order valence-electron chi connectivity index (χ2n) is 8.84. The van der Waals surface area contributed by atoms with Crippen LogP contribution < -0.4 is 10.1 Å². The molecule has 2 aromatic heterocycles. The first-order chi connectivity index (χ1) is 18.3. The number of amides is 1. The number of nitrogens with zero attached hydrogens (tertiary/aromatic N) is 3. The van der Waals surface area contributed by atoms with Crippen molar-refractivity contribution < 1.29 is 26.9 Å². The number of hydrogen-bond acceptors (Lipinski definition) is 8. The van der Waals surface area contributed by atoms with Crippen LogP contribution in [-0.2, 0) is 14.8 Å². The number of fused-ring (bicyclic) bond motifs is 1. The molecule has 4 aromatic rings. The van der Waals surface area contributed by atoms with Crippen molar-refractivity contribution >= 4 is 54.8 Å². The lowest BCUT2D eigenvalue weighted by atomic mass is 9.97. The summed E-state index contributed by atoms with van der Waals surface area (Å²) in [5.74, 6) is -0.246. The lowest BCUT2D eigenvalue weighted by Gasteiger charge is -2.30. The van der Waals surface area contributed by atoms with Crippen molar-refractivity contribution in [2.75, 3.05) is 25.5 Å². The number of benzene rings is 2. The van der Waals surface area contributed by atoms with E-state index in [0.717, 1.165) is 10.2 Å². The molecule has 1 amide bonds. The summed E-state index contributed by atoms with van der Waals surface area (Å²) in [4.78, 5) is 17.3. The molecule has 1 fully saturated rings. The third kappa shape index (κ3) is 5.19. The average molecular weight is 557 g/mol. The number of piperidine rings is 1. The Balaban J connectivity index is 1.26. The Hall–Kier alpha value is -3.61. The molecule has 0 unspecified atom stereocenters. The van der Waals surface area contributed by atoms with Crippen LogP contribution >= 0.6 is 11.3 Å². The van der Waals surface area contributed by atoms with E-state index in [9.17, 15) is 17.6 Å². The molecular formula is C26H25FN4O5S2. The van der Waals surface area contributed by atoms with Gasteiger partial charge in [-0.2, -0.15) is 4.31 Å². The fourth-order valence-electron chi connectivity index (χ4n) is 4.35. The molecule has 0 radical (unpaired) electrons. The number of ether oxygens (including phenoxy) is 1. The van der Waals surface area contributed by atoms with Crippen molar-refractivity contribution in [2.45, 2.75) is 24.7 Å². The first-order valence-corrected chi connectivity index (χ1v) is 14.2. The number of sulfonamides is 1. The minimum Gasteiger partial charge on any atom is -0.497 e. The Morgan fingerprint density at radius 2 is 1.97 bits per heavy atom. The summed E-state index contributed by atoms with van der Waals surface area (Å²) < 4.78 is 53.7. The van der Waals surface area contributed by atoms with Crippen LogP contribution in [0.1, 0.15) is 29.9 Å². The van der Waals surface area contributed by atoms with Crippen LogP contribution in [0.25, 0.3) is 22.4 Å². The van der Waals surface area contributed by atoms with Crippen molar-refractivity contribution in [1.82, 2.24) is 14.4 Å². The molecule has 198 valence electrons. The summed E-state index contributed by atoms with van der Waals surface area (Å²) in [5.41, 5.74) is 1.27. The smallest absolute Gasteiger partial charge is 0.248 e. The van der Waals surface area contributed by atoms with Crippen molar-refractivity contribution in [3.05, 3.63) is 65.3 Å². The number of hydrogen-bond donors (Lipinski definition) is 1. The molecule has 5 rings (SSSR count). The quantitative estimate of drug-likeness (QED) is 0.343. The molecule has 0 bridgehead atoms. The average Bonchev–Trinajstić information content (AvgIpc) is 3.50. The second kappa shape index (κ2) is 10.6. The SMILES string of the molecule is COc1ccc2nc(NC(=O)C3CCN(S(=O)(=O)c4c(C)noc4/C=C/c4ccccc4F)CC3)sc2c1. The summed E-state index contributed by atoms with van der Waals surface area (Å²) in [6.07, 6.45) is 3.56. The van der Waals surface area contributed by atoms with Crippen molar-refractivity contribution in [1.29, 1.82) is 0 Å². The summed E-state index contributed by atoms with van der Waals surface area (Å²) in [6.45, 7) is 1.88. The van der Waals surface area contributed by atoms with Gasteiger partial charge in [0.15, 0.2) is 15.8 Å². The Morgan fingerprint density at radius 3 is 2.71 bits per heavy atom. The van der Waals surface area contributed by atoms with E-state index in [2.05, 4.69) is 15.5 Å². The number of anilines is 1. The number of halogens is 1. The number of carbonyl (C=O) groups is 1. The minimum atomic E-state index is -3.95. The van der Waals surface area contributed by atoms with E-state index < -0.39 is 15.8 Å². The van der Waals surface area contributed by atoms with Crippen molar-refractivity contribution in [3.8, 4) is 5.75 Å². The Bertz CT molecular complexity index is 1620. The molecule has 3 heterocycles. The Kier molecular flexibility index (Phi) is 7.28.